The predicted octanol–water partition coefficient (Wildman–Crippen LogP) is 4.16. The van der Waals surface area contributed by atoms with Crippen molar-refractivity contribution in [2.24, 2.45) is 11.8 Å². The Balaban J connectivity index is 1.31. The van der Waals surface area contributed by atoms with E-state index in [1.165, 1.54) is 49.4 Å². The van der Waals surface area contributed by atoms with Crippen molar-refractivity contribution in [1.82, 2.24) is 20.1 Å². The largest absolute Gasteiger partial charge is 0.342 e. The maximum atomic E-state index is 12.6. The molecular weight excluding hydrogens is 356 g/mol. The number of piperidine rings is 1. The first kappa shape index (κ1) is 18.5. The third-order valence-electron chi connectivity index (χ3n) is 6.07. The first-order valence-electron chi connectivity index (χ1n) is 10.1. The highest BCUT2D eigenvalue weighted by Crippen LogP contribution is 2.36. The molecule has 144 valence electrons. The molecular formula is C21H28N4OS. The summed E-state index contributed by atoms with van der Waals surface area (Å²) in [4.78, 5) is 19.2. The van der Waals surface area contributed by atoms with Gasteiger partial charge in [-0.2, -0.15) is 0 Å². The summed E-state index contributed by atoms with van der Waals surface area (Å²) in [6, 6.07) is 8.35. The van der Waals surface area contributed by atoms with Crippen LogP contribution in [0.5, 0.6) is 0 Å². The van der Waals surface area contributed by atoms with Crippen LogP contribution in [0.25, 0.3) is 11.4 Å². The Morgan fingerprint density at radius 2 is 1.96 bits per heavy atom. The number of nitrogens with zero attached hydrogens (tertiary/aromatic N) is 3. The molecule has 0 bridgehead atoms. The molecule has 1 aromatic heterocycles. The molecule has 0 radical (unpaired) electrons. The van der Waals surface area contributed by atoms with E-state index in [2.05, 4.69) is 51.3 Å². The zero-order chi connectivity index (χ0) is 18.6. The Kier molecular flexibility index (Phi) is 5.81. The standard InChI is InChI=1S/C21H28N4OS/c1-2-15-7-9-17(10-8-15)20-22-21(24-23-20)27-14-19(26)25-12-11-16-5-3-4-6-18(16)13-25/h7-10,16,18H,2-6,11-14H2,1H3,(H,22,23,24)/t16-,18+/m0/s1. The number of aromatic amines is 1. The van der Waals surface area contributed by atoms with E-state index in [9.17, 15) is 4.79 Å². The third-order valence-corrected chi connectivity index (χ3v) is 6.90. The number of aromatic nitrogens is 3. The number of fused-ring (bicyclic) bond motifs is 1. The number of amides is 1. The number of rotatable bonds is 5. The predicted molar refractivity (Wildman–Crippen MR) is 109 cm³/mol. The number of H-pyrrole nitrogens is 1. The van der Waals surface area contributed by atoms with E-state index in [0.717, 1.165) is 42.7 Å². The summed E-state index contributed by atoms with van der Waals surface area (Å²) in [6.07, 6.45) is 7.57. The molecule has 1 N–H and O–H groups in total. The maximum Gasteiger partial charge on any atom is 0.233 e. The molecule has 27 heavy (non-hydrogen) atoms. The van der Waals surface area contributed by atoms with Crippen LogP contribution in [-0.2, 0) is 11.2 Å². The number of aryl methyl sites for hydroxylation is 1. The molecule has 0 spiro atoms. The fraction of sp³-hybridized carbons (Fsp3) is 0.571. The second-order valence-electron chi connectivity index (χ2n) is 7.74. The molecule has 2 heterocycles. The Morgan fingerprint density at radius 3 is 2.74 bits per heavy atom. The van der Waals surface area contributed by atoms with Gasteiger partial charge >= 0.3 is 0 Å². The Labute approximate surface area is 165 Å². The van der Waals surface area contributed by atoms with Gasteiger partial charge in [0.1, 0.15) is 0 Å². The molecule has 1 aromatic carbocycles. The fourth-order valence-electron chi connectivity index (χ4n) is 4.38. The van der Waals surface area contributed by atoms with E-state index in [-0.39, 0.29) is 5.91 Å². The number of carbonyl (C=O) groups excluding carboxylic acids is 1. The van der Waals surface area contributed by atoms with Gasteiger partial charge in [-0.25, -0.2) is 4.98 Å². The summed E-state index contributed by atoms with van der Waals surface area (Å²) in [5.74, 6) is 2.98. The number of carbonyl (C=O) groups is 1. The molecule has 2 aromatic rings. The normalized spacial score (nSPS) is 22.5. The average Bonchev–Trinajstić information content (AvgIpc) is 3.21. The lowest BCUT2D eigenvalue weighted by Crippen LogP contribution is -2.45. The Morgan fingerprint density at radius 1 is 1.19 bits per heavy atom. The minimum atomic E-state index is 0.225. The van der Waals surface area contributed by atoms with Crippen molar-refractivity contribution < 1.29 is 4.79 Å². The van der Waals surface area contributed by atoms with Gasteiger partial charge in [-0.15, -0.1) is 5.10 Å². The minimum absolute atomic E-state index is 0.225. The SMILES string of the molecule is CCc1ccc(-c2nc(SCC(=O)N3CC[C@@H]4CCCC[C@@H]4C3)n[nH]2)cc1. The summed E-state index contributed by atoms with van der Waals surface area (Å²) in [5.41, 5.74) is 2.33. The zero-order valence-corrected chi connectivity index (χ0v) is 16.8. The third kappa shape index (κ3) is 4.37. The first-order chi connectivity index (χ1) is 13.2. The number of nitrogens with one attached hydrogen (secondary N) is 1. The van der Waals surface area contributed by atoms with Gasteiger partial charge in [-0.3, -0.25) is 9.89 Å². The van der Waals surface area contributed by atoms with Crippen molar-refractivity contribution in [2.45, 2.75) is 50.6 Å². The Hall–Kier alpha value is -1.82. The van der Waals surface area contributed by atoms with Crippen LogP contribution in [0.4, 0.5) is 0 Å². The lowest BCUT2D eigenvalue weighted by molar-refractivity contribution is -0.131. The van der Waals surface area contributed by atoms with Crippen molar-refractivity contribution in [3.63, 3.8) is 0 Å². The molecule has 2 atom stereocenters. The van der Waals surface area contributed by atoms with Crippen molar-refractivity contribution in [1.29, 1.82) is 0 Å². The summed E-state index contributed by atoms with van der Waals surface area (Å²) in [6.45, 7) is 4.02. The molecule has 1 saturated heterocycles. The highest BCUT2D eigenvalue weighted by atomic mass is 32.2. The van der Waals surface area contributed by atoms with Crippen LogP contribution in [0.2, 0.25) is 0 Å². The zero-order valence-electron chi connectivity index (χ0n) is 16.0. The molecule has 2 fully saturated rings. The summed E-state index contributed by atoms with van der Waals surface area (Å²) in [5, 5.41) is 7.91. The van der Waals surface area contributed by atoms with Crippen LogP contribution >= 0.6 is 11.8 Å². The average molecular weight is 385 g/mol. The monoisotopic (exact) mass is 384 g/mol. The quantitative estimate of drug-likeness (QED) is 0.786. The van der Waals surface area contributed by atoms with Gasteiger partial charge in [0.15, 0.2) is 5.82 Å². The van der Waals surface area contributed by atoms with E-state index in [1.54, 1.807) is 0 Å². The van der Waals surface area contributed by atoms with Gasteiger partial charge in [0, 0.05) is 18.7 Å². The molecule has 1 amide bonds. The van der Waals surface area contributed by atoms with Gasteiger partial charge in [0.25, 0.3) is 0 Å². The molecule has 4 rings (SSSR count). The van der Waals surface area contributed by atoms with E-state index >= 15 is 0 Å². The minimum Gasteiger partial charge on any atom is -0.342 e. The fourth-order valence-corrected chi connectivity index (χ4v) is 5.08. The number of hydrogen-bond acceptors (Lipinski definition) is 4. The van der Waals surface area contributed by atoms with Gasteiger partial charge in [-0.05, 0) is 36.7 Å². The van der Waals surface area contributed by atoms with E-state index in [0.29, 0.717) is 10.9 Å². The molecule has 0 unspecified atom stereocenters. The van der Waals surface area contributed by atoms with Gasteiger partial charge < -0.3 is 4.90 Å². The summed E-state index contributed by atoms with van der Waals surface area (Å²) in [7, 11) is 0. The number of hydrogen-bond donors (Lipinski definition) is 1. The second-order valence-corrected chi connectivity index (χ2v) is 8.68. The highest BCUT2D eigenvalue weighted by Gasteiger charge is 2.32. The van der Waals surface area contributed by atoms with E-state index in [4.69, 9.17) is 0 Å². The lowest BCUT2D eigenvalue weighted by atomic mass is 9.75. The van der Waals surface area contributed by atoms with Crippen LogP contribution in [-0.4, -0.2) is 44.8 Å². The maximum absolute atomic E-state index is 12.6. The van der Waals surface area contributed by atoms with Crippen molar-refractivity contribution in [3.8, 4) is 11.4 Å². The number of likely N-dealkylation sites (tertiary alicyclic amines) is 1. The second kappa shape index (κ2) is 8.46. The van der Waals surface area contributed by atoms with E-state index < -0.39 is 0 Å². The Bertz CT molecular complexity index is 773. The number of benzene rings is 1. The van der Waals surface area contributed by atoms with Crippen molar-refractivity contribution in [3.05, 3.63) is 29.8 Å². The summed E-state index contributed by atoms with van der Waals surface area (Å²) < 4.78 is 0. The van der Waals surface area contributed by atoms with Crippen LogP contribution in [0.1, 0.15) is 44.6 Å². The van der Waals surface area contributed by atoms with Crippen LogP contribution in [0.15, 0.2) is 29.4 Å². The highest BCUT2D eigenvalue weighted by molar-refractivity contribution is 7.99. The van der Waals surface area contributed by atoms with Gasteiger partial charge in [0.05, 0.1) is 5.75 Å². The number of thioether (sulfide) groups is 1. The molecule has 1 aliphatic heterocycles. The topological polar surface area (TPSA) is 61.9 Å². The molecule has 1 saturated carbocycles. The molecule has 5 nitrogen and oxygen atoms in total. The summed E-state index contributed by atoms with van der Waals surface area (Å²) >= 11 is 1.43. The van der Waals surface area contributed by atoms with Crippen molar-refractivity contribution in [2.75, 3.05) is 18.8 Å². The van der Waals surface area contributed by atoms with Gasteiger partial charge in [-0.1, -0.05) is 62.2 Å². The lowest BCUT2D eigenvalue weighted by Gasteiger charge is -2.41. The first-order valence-corrected chi connectivity index (χ1v) is 11.1. The van der Waals surface area contributed by atoms with Crippen LogP contribution in [0, 0.1) is 11.8 Å². The van der Waals surface area contributed by atoms with Gasteiger partial charge in [0.2, 0.25) is 11.1 Å². The van der Waals surface area contributed by atoms with Crippen LogP contribution in [0.3, 0.4) is 0 Å². The van der Waals surface area contributed by atoms with E-state index in [1.807, 2.05) is 0 Å². The van der Waals surface area contributed by atoms with Crippen molar-refractivity contribution >= 4 is 17.7 Å². The molecule has 6 heteroatoms. The smallest absolute Gasteiger partial charge is 0.233 e. The molecule has 1 aliphatic carbocycles. The molecule has 2 aliphatic rings. The van der Waals surface area contributed by atoms with Crippen LogP contribution < -0.4 is 0 Å².